The first-order chi connectivity index (χ1) is 13.1. The Bertz CT molecular complexity index is 1040. The van der Waals surface area contributed by atoms with Crippen molar-refractivity contribution in [2.24, 2.45) is 0 Å². The third-order valence-corrected chi connectivity index (χ3v) is 4.65. The van der Waals surface area contributed by atoms with Crippen LogP contribution in [0.4, 0.5) is 32.0 Å². The molecule has 28 heavy (non-hydrogen) atoms. The molecule has 1 N–H and O–H groups in total. The van der Waals surface area contributed by atoms with Gasteiger partial charge in [-0.15, -0.1) is 11.3 Å². The van der Waals surface area contributed by atoms with Gasteiger partial charge in [0.1, 0.15) is 4.88 Å². The lowest BCUT2D eigenvalue weighted by Crippen LogP contribution is -2.17. The zero-order valence-corrected chi connectivity index (χ0v) is 14.8. The van der Waals surface area contributed by atoms with E-state index in [1.165, 1.54) is 31.2 Å². The molecule has 0 fully saturated rings. The second kappa shape index (κ2) is 7.27. The van der Waals surface area contributed by atoms with Gasteiger partial charge >= 0.3 is 6.18 Å². The van der Waals surface area contributed by atoms with E-state index in [2.05, 4.69) is 10.3 Å². The van der Waals surface area contributed by atoms with Gasteiger partial charge in [-0.3, -0.25) is 4.79 Å². The Kier molecular flexibility index (Phi) is 5.16. The predicted molar refractivity (Wildman–Crippen MR) is 91.6 cm³/mol. The first-order valence-electron chi connectivity index (χ1n) is 7.68. The molecule has 3 aromatic rings. The molecule has 3 nitrogen and oxygen atoms in total. The van der Waals surface area contributed by atoms with E-state index in [0.717, 1.165) is 12.1 Å². The number of thiazole rings is 1. The van der Waals surface area contributed by atoms with Gasteiger partial charge in [-0.1, -0.05) is 18.2 Å². The molecule has 0 aliphatic carbocycles. The molecule has 0 radical (unpaired) electrons. The fourth-order valence-electron chi connectivity index (χ4n) is 2.51. The van der Waals surface area contributed by atoms with Crippen LogP contribution in [-0.4, -0.2) is 10.9 Å². The molecule has 3 rings (SSSR count). The number of carbonyl (C=O) groups excluding carboxylic acids is 1. The number of hydrogen-bond acceptors (Lipinski definition) is 3. The summed E-state index contributed by atoms with van der Waals surface area (Å²) in [6.07, 6.45) is -4.82. The van der Waals surface area contributed by atoms with Crippen molar-refractivity contribution in [3.05, 3.63) is 69.4 Å². The second-order valence-electron chi connectivity index (χ2n) is 5.66. The van der Waals surface area contributed by atoms with Crippen LogP contribution in [0.1, 0.15) is 20.4 Å². The first-order valence-corrected chi connectivity index (χ1v) is 8.49. The number of benzene rings is 2. The molecule has 0 saturated heterocycles. The van der Waals surface area contributed by atoms with E-state index >= 15 is 0 Å². The van der Waals surface area contributed by atoms with Crippen LogP contribution in [0.2, 0.25) is 0 Å². The number of nitrogens with one attached hydrogen (secondary N) is 1. The number of aromatic nitrogens is 1. The van der Waals surface area contributed by atoms with Crippen molar-refractivity contribution in [2.45, 2.75) is 13.1 Å². The van der Waals surface area contributed by atoms with Gasteiger partial charge in [0, 0.05) is 11.3 Å². The van der Waals surface area contributed by atoms with E-state index in [9.17, 15) is 31.1 Å². The SMILES string of the molecule is Cc1nc(C(F)(F)F)c(C(=O)Nc2ccccc2-c2cc(F)c(F)c(F)c2)s1. The number of hydrogen-bond donors (Lipinski definition) is 1. The lowest BCUT2D eigenvalue weighted by molar-refractivity contribution is -0.141. The highest BCUT2D eigenvalue weighted by atomic mass is 32.1. The number of alkyl halides is 3. The van der Waals surface area contributed by atoms with Gasteiger partial charge in [0.2, 0.25) is 0 Å². The summed E-state index contributed by atoms with van der Waals surface area (Å²) >= 11 is 0.564. The number of rotatable bonds is 3. The Morgan fingerprint density at radius 2 is 1.68 bits per heavy atom. The zero-order chi connectivity index (χ0) is 20.6. The van der Waals surface area contributed by atoms with Crippen LogP contribution in [0.5, 0.6) is 0 Å². The van der Waals surface area contributed by atoms with E-state index in [1.807, 2.05) is 0 Å². The maximum Gasteiger partial charge on any atom is 0.435 e. The average Bonchev–Trinajstić information content (AvgIpc) is 3.02. The average molecular weight is 416 g/mol. The van der Waals surface area contributed by atoms with Crippen LogP contribution < -0.4 is 5.32 Å². The lowest BCUT2D eigenvalue weighted by atomic mass is 10.0. The minimum Gasteiger partial charge on any atom is -0.321 e. The highest BCUT2D eigenvalue weighted by Gasteiger charge is 2.39. The van der Waals surface area contributed by atoms with Crippen molar-refractivity contribution in [3.63, 3.8) is 0 Å². The van der Waals surface area contributed by atoms with Crippen molar-refractivity contribution in [1.82, 2.24) is 4.98 Å². The molecule has 0 unspecified atom stereocenters. The Balaban J connectivity index is 2.01. The summed E-state index contributed by atoms with van der Waals surface area (Å²) in [5.41, 5.74) is -1.31. The van der Waals surface area contributed by atoms with Crippen molar-refractivity contribution < 1.29 is 31.1 Å². The fraction of sp³-hybridized carbons (Fsp3) is 0.111. The Morgan fingerprint density at radius 3 is 2.29 bits per heavy atom. The number of aryl methyl sites for hydroxylation is 1. The zero-order valence-electron chi connectivity index (χ0n) is 14.0. The summed E-state index contributed by atoms with van der Waals surface area (Å²) in [6.45, 7) is 1.33. The lowest BCUT2D eigenvalue weighted by Gasteiger charge is -2.12. The fourth-order valence-corrected chi connectivity index (χ4v) is 3.34. The van der Waals surface area contributed by atoms with Crippen molar-refractivity contribution in [3.8, 4) is 11.1 Å². The summed E-state index contributed by atoms with van der Waals surface area (Å²) in [5, 5.41) is 2.35. The number of amides is 1. The number of para-hydroxylation sites is 1. The van der Waals surface area contributed by atoms with Crippen molar-refractivity contribution in [1.29, 1.82) is 0 Å². The molecule has 0 aliphatic heterocycles. The Morgan fingerprint density at radius 1 is 1.07 bits per heavy atom. The monoisotopic (exact) mass is 416 g/mol. The molecule has 0 spiro atoms. The normalized spacial score (nSPS) is 11.5. The van der Waals surface area contributed by atoms with E-state index in [4.69, 9.17) is 0 Å². The highest BCUT2D eigenvalue weighted by Crippen LogP contribution is 2.35. The predicted octanol–water partition coefficient (Wildman–Crippen LogP) is 5.81. The maximum absolute atomic E-state index is 13.5. The third kappa shape index (κ3) is 3.86. The van der Waals surface area contributed by atoms with Crippen molar-refractivity contribution in [2.75, 3.05) is 5.32 Å². The third-order valence-electron chi connectivity index (χ3n) is 3.68. The minimum atomic E-state index is -4.82. The van der Waals surface area contributed by atoms with Crippen LogP contribution >= 0.6 is 11.3 Å². The number of nitrogens with zero attached hydrogens (tertiary/aromatic N) is 1. The molecule has 1 amide bonds. The molecular formula is C18H10F6N2OS. The molecule has 0 saturated carbocycles. The van der Waals surface area contributed by atoms with Crippen LogP contribution in [0.15, 0.2) is 36.4 Å². The topological polar surface area (TPSA) is 42.0 Å². The summed E-state index contributed by atoms with van der Waals surface area (Å²) < 4.78 is 79.5. The summed E-state index contributed by atoms with van der Waals surface area (Å²) in [4.78, 5) is 15.1. The van der Waals surface area contributed by atoms with E-state index in [0.29, 0.717) is 11.3 Å². The molecular weight excluding hydrogens is 406 g/mol. The van der Waals surface area contributed by atoms with Crippen LogP contribution in [0, 0.1) is 24.4 Å². The van der Waals surface area contributed by atoms with Gasteiger partial charge in [0.15, 0.2) is 23.1 Å². The quantitative estimate of drug-likeness (QED) is 0.433. The molecule has 146 valence electrons. The minimum absolute atomic E-state index is 0.00270. The second-order valence-corrected chi connectivity index (χ2v) is 6.87. The molecule has 1 aromatic heterocycles. The summed E-state index contributed by atoms with van der Waals surface area (Å²) in [7, 11) is 0. The van der Waals surface area contributed by atoms with Gasteiger partial charge < -0.3 is 5.32 Å². The molecule has 1 heterocycles. The molecule has 0 bridgehead atoms. The number of carbonyl (C=O) groups is 1. The van der Waals surface area contributed by atoms with Gasteiger partial charge in [-0.05, 0) is 30.7 Å². The van der Waals surface area contributed by atoms with Gasteiger partial charge in [-0.2, -0.15) is 13.2 Å². The standard InChI is InChI=1S/C18H10F6N2OS/c1-8-25-16(18(22,23)24)15(28-8)17(27)26-13-5-3-2-4-10(13)9-6-11(19)14(21)12(20)7-9/h2-7H,1H3,(H,26,27). The van der Waals surface area contributed by atoms with Crippen LogP contribution in [0.3, 0.4) is 0 Å². The van der Waals surface area contributed by atoms with Gasteiger partial charge in [0.25, 0.3) is 5.91 Å². The Labute approximate surface area is 158 Å². The molecule has 10 heteroatoms. The number of halogens is 6. The Hall–Kier alpha value is -2.88. The maximum atomic E-state index is 13.5. The smallest absolute Gasteiger partial charge is 0.321 e. The van der Waals surface area contributed by atoms with Gasteiger partial charge in [-0.25, -0.2) is 18.2 Å². The summed E-state index contributed by atoms with van der Waals surface area (Å²) in [5.74, 6) is -5.60. The molecule has 0 atom stereocenters. The van der Waals surface area contributed by atoms with Crippen molar-refractivity contribution >= 4 is 22.9 Å². The summed E-state index contributed by atoms with van der Waals surface area (Å²) in [6, 6.07) is 7.13. The van der Waals surface area contributed by atoms with E-state index in [-0.39, 0.29) is 21.8 Å². The molecule has 0 aliphatic rings. The highest BCUT2D eigenvalue weighted by molar-refractivity contribution is 7.13. The van der Waals surface area contributed by atoms with Crippen LogP contribution in [0.25, 0.3) is 11.1 Å². The van der Waals surface area contributed by atoms with Crippen LogP contribution in [-0.2, 0) is 6.18 Å². The number of anilines is 1. The first kappa shape index (κ1) is 19.9. The van der Waals surface area contributed by atoms with Gasteiger partial charge in [0.05, 0.1) is 5.01 Å². The largest absolute Gasteiger partial charge is 0.435 e. The molecule has 2 aromatic carbocycles. The van der Waals surface area contributed by atoms with E-state index < -0.39 is 40.1 Å². The van der Waals surface area contributed by atoms with E-state index in [1.54, 1.807) is 0 Å².